The normalized spacial score (nSPS) is 15.4. The van der Waals surface area contributed by atoms with Gasteiger partial charge in [0.1, 0.15) is 12.1 Å². The van der Waals surface area contributed by atoms with E-state index in [2.05, 4.69) is 10.6 Å². The van der Waals surface area contributed by atoms with Gasteiger partial charge in [0.2, 0.25) is 0 Å². The first-order valence-electron chi connectivity index (χ1n) is 13.3. The van der Waals surface area contributed by atoms with Crippen LogP contribution in [0.5, 0.6) is 0 Å². The summed E-state index contributed by atoms with van der Waals surface area (Å²) < 4.78 is 9.86. The third-order valence-corrected chi connectivity index (χ3v) is 9.18. The van der Waals surface area contributed by atoms with Crippen molar-refractivity contribution < 1.29 is 28.7 Å². The van der Waals surface area contributed by atoms with E-state index in [1.165, 1.54) is 35.8 Å². The van der Waals surface area contributed by atoms with Gasteiger partial charge in [-0.25, -0.2) is 9.59 Å². The Morgan fingerprint density at radius 3 is 1.36 bits per heavy atom. The summed E-state index contributed by atoms with van der Waals surface area (Å²) in [5.41, 5.74) is 2.62. The van der Waals surface area contributed by atoms with Crippen LogP contribution in [0.3, 0.4) is 0 Å². The van der Waals surface area contributed by atoms with Crippen molar-refractivity contribution in [3.05, 3.63) is 119 Å². The number of ether oxygens (including phenoxy) is 2. The standard InChI is InChI=1S/C32H32N2O6S2/c1-39-31(37)27(33-29(35)25-17-9-7-15-23(25)21-11-3-4-12-21)19-41-42-20-28(32(38)40-2)34-30(36)26-18-10-8-16-24(26)22-13-5-6-14-22/h3-18,21-22,27-28H,19-20H2,1-2H3,(H,33,35)(H,34,36)/t27-,28-/m1/s1. The summed E-state index contributed by atoms with van der Waals surface area (Å²) in [6.07, 6.45) is 15.7. The Kier molecular flexibility index (Phi) is 11.2. The van der Waals surface area contributed by atoms with Gasteiger partial charge in [0, 0.05) is 34.5 Å². The van der Waals surface area contributed by atoms with E-state index < -0.39 is 24.0 Å². The molecule has 0 spiro atoms. The molecule has 8 nitrogen and oxygen atoms in total. The average Bonchev–Trinajstić information content (AvgIpc) is 3.76. The van der Waals surface area contributed by atoms with Crippen molar-refractivity contribution in [3.63, 3.8) is 0 Å². The number of rotatable bonds is 13. The van der Waals surface area contributed by atoms with Crippen LogP contribution in [0.25, 0.3) is 0 Å². The molecule has 4 rings (SSSR count). The first-order valence-corrected chi connectivity index (χ1v) is 15.8. The Labute approximate surface area is 253 Å². The minimum atomic E-state index is -0.923. The summed E-state index contributed by atoms with van der Waals surface area (Å²) in [6, 6.07) is 12.7. The van der Waals surface area contributed by atoms with Crippen LogP contribution < -0.4 is 10.6 Å². The van der Waals surface area contributed by atoms with Gasteiger partial charge >= 0.3 is 11.9 Å². The van der Waals surface area contributed by atoms with Gasteiger partial charge in [-0.3, -0.25) is 9.59 Å². The molecule has 0 saturated carbocycles. The molecule has 0 aliphatic heterocycles. The van der Waals surface area contributed by atoms with Gasteiger partial charge in [-0.05, 0) is 23.3 Å². The SMILES string of the molecule is COC(=O)[C@@H](CSSC[C@@H](NC(=O)c1ccccc1C1C=CC=C1)C(=O)OC)NC(=O)c1ccccc1C1C=CC=C1. The van der Waals surface area contributed by atoms with E-state index in [0.717, 1.165) is 11.1 Å². The van der Waals surface area contributed by atoms with Crippen LogP contribution in [-0.2, 0) is 19.1 Å². The number of carbonyl (C=O) groups is 4. The first-order chi connectivity index (χ1) is 20.4. The van der Waals surface area contributed by atoms with Gasteiger partial charge in [-0.15, -0.1) is 0 Å². The highest BCUT2D eigenvalue weighted by Gasteiger charge is 2.27. The minimum Gasteiger partial charge on any atom is -0.467 e. The molecule has 0 radical (unpaired) electrons. The molecule has 0 saturated heterocycles. The molecule has 2 amide bonds. The number of hydrogen-bond donors (Lipinski definition) is 2. The quantitative estimate of drug-likeness (QED) is 0.192. The second-order valence-electron chi connectivity index (χ2n) is 9.43. The molecule has 2 aliphatic rings. The lowest BCUT2D eigenvalue weighted by atomic mass is 9.95. The van der Waals surface area contributed by atoms with Gasteiger partial charge in [-0.1, -0.05) is 107 Å². The average molecular weight is 605 g/mol. The molecule has 42 heavy (non-hydrogen) atoms. The van der Waals surface area contributed by atoms with Crippen molar-refractivity contribution in [1.82, 2.24) is 10.6 Å². The van der Waals surface area contributed by atoms with Crippen molar-refractivity contribution in [1.29, 1.82) is 0 Å². The Morgan fingerprint density at radius 1 is 0.643 bits per heavy atom. The maximum atomic E-state index is 13.2. The molecule has 0 unspecified atom stereocenters. The zero-order valence-electron chi connectivity index (χ0n) is 23.2. The molecule has 0 aromatic heterocycles. The molecular formula is C32H32N2O6S2. The maximum absolute atomic E-state index is 13.2. The van der Waals surface area contributed by atoms with Gasteiger partial charge in [0.25, 0.3) is 11.8 Å². The smallest absolute Gasteiger partial charge is 0.329 e. The third-order valence-electron chi connectivity index (χ3n) is 6.76. The fourth-order valence-corrected chi connectivity index (χ4v) is 6.89. The van der Waals surface area contributed by atoms with E-state index in [1.54, 1.807) is 24.3 Å². The highest BCUT2D eigenvalue weighted by molar-refractivity contribution is 8.76. The number of allylic oxidation sites excluding steroid dienone is 8. The van der Waals surface area contributed by atoms with Crippen molar-refractivity contribution in [3.8, 4) is 0 Å². The molecule has 2 atom stereocenters. The van der Waals surface area contributed by atoms with Crippen molar-refractivity contribution >= 4 is 45.3 Å². The number of amides is 2. The Morgan fingerprint density at radius 2 is 1.00 bits per heavy atom. The predicted molar refractivity (Wildman–Crippen MR) is 166 cm³/mol. The molecular weight excluding hydrogens is 572 g/mol. The molecule has 218 valence electrons. The lowest BCUT2D eigenvalue weighted by molar-refractivity contribution is -0.143. The maximum Gasteiger partial charge on any atom is 0.329 e. The lowest BCUT2D eigenvalue weighted by Crippen LogP contribution is -2.44. The molecule has 0 heterocycles. The van der Waals surface area contributed by atoms with Crippen LogP contribution in [0.15, 0.2) is 97.1 Å². The van der Waals surface area contributed by atoms with E-state index >= 15 is 0 Å². The number of esters is 2. The fraction of sp³-hybridized carbons (Fsp3) is 0.250. The van der Waals surface area contributed by atoms with Crippen LogP contribution in [0.1, 0.15) is 43.7 Å². The number of benzene rings is 2. The van der Waals surface area contributed by atoms with E-state index in [-0.39, 0.29) is 35.2 Å². The molecule has 2 aliphatic carbocycles. The Bertz CT molecular complexity index is 1300. The van der Waals surface area contributed by atoms with E-state index in [4.69, 9.17) is 9.47 Å². The lowest BCUT2D eigenvalue weighted by Gasteiger charge is -2.20. The predicted octanol–water partition coefficient (Wildman–Crippen LogP) is 4.73. The Balaban J connectivity index is 1.36. The first kappa shape index (κ1) is 30.9. The van der Waals surface area contributed by atoms with Crippen LogP contribution in [0, 0.1) is 0 Å². The number of hydrogen-bond acceptors (Lipinski definition) is 8. The second-order valence-corrected chi connectivity index (χ2v) is 12.0. The summed E-state index contributed by atoms with van der Waals surface area (Å²) in [6.45, 7) is 0. The van der Waals surface area contributed by atoms with Crippen LogP contribution >= 0.6 is 21.6 Å². The van der Waals surface area contributed by atoms with Gasteiger partial charge in [0.05, 0.1) is 14.2 Å². The number of methoxy groups -OCH3 is 2. The molecule has 10 heteroatoms. The molecule has 2 aromatic rings. The summed E-state index contributed by atoms with van der Waals surface area (Å²) in [7, 11) is 5.08. The topological polar surface area (TPSA) is 111 Å². The van der Waals surface area contributed by atoms with Gasteiger partial charge < -0.3 is 20.1 Å². The Hall–Kier alpha value is -4.02. The summed E-state index contributed by atoms with van der Waals surface area (Å²) in [4.78, 5) is 51.4. The largest absolute Gasteiger partial charge is 0.467 e. The third kappa shape index (κ3) is 7.83. The number of nitrogens with one attached hydrogen (secondary N) is 2. The monoisotopic (exact) mass is 604 g/mol. The number of carbonyl (C=O) groups excluding carboxylic acids is 4. The molecule has 2 aromatic carbocycles. The van der Waals surface area contributed by atoms with Crippen LogP contribution in [-0.4, -0.2) is 61.6 Å². The zero-order valence-corrected chi connectivity index (χ0v) is 24.9. The van der Waals surface area contributed by atoms with Crippen molar-refractivity contribution in [2.24, 2.45) is 0 Å². The summed E-state index contributed by atoms with van der Waals surface area (Å²) >= 11 is 0. The minimum absolute atomic E-state index is 0.0167. The highest BCUT2D eigenvalue weighted by Crippen LogP contribution is 2.28. The molecule has 0 bridgehead atoms. The van der Waals surface area contributed by atoms with E-state index in [9.17, 15) is 19.2 Å². The van der Waals surface area contributed by atoms with Crippen molar-refractivity contribution in [2.75, 3.05) is 25.7 Å². The van der Waals surface area contributed by atoms with Crippen molar-refractivity contribution in [2.45, 2.75) is 23.9 Å². The second kappa shape index (κ2) is 15.3. The summed E-state index contributed by atoms with van der Waals surface area (Å²) in [5.74, 6) is -1.61. The van der Waals surface area contributed by atoms with Crippen LogP contribution in [0.2, 0.25) is 0 Å². The molecule has 0 fully saturated rings. The zero-order chi connectivity index (χ0) is 29.9. The van der Waals surface area contributed by atoms with Crippen LogP contribution in [0.4, 0.5) is 0 Å². The molecule has 2 N–H and O–H groups in total. The van der Waals surface area contributed by atoms with E-state index in [0.29, 0.717) is 11.1 Å². The highest BCUT2D eigenvalue weighted by atomic mass is 33.1. The van der Waals surface area contributed by atoms with E-state index in [1.807, 2.05) is 72.9 Å². The van der Waals surface area contributed by atoms with Gasteiger partial charge in [0.15, 0.2) is 0 Å². The summed E-state index contributed by atoms with van der Waals surface area (Å²) in [5, 5.41) is 5.58. The van der Waals surface area contributed by atoms with Gasteiger partial charge in [-0.2, -0.15) is 0 Å². The fourth-order valence-electron chi connectivity index (χ4n) is 4.59.